The summed E-state index contributed by atoms with van der Waals surface area (Å²) >= 11 is 0. The van der Waals surface area contributed by atoms with Gasteiger partial charge in [0.25, 0.3) is 0 Å². The number of halogens is 2. The summed E-state index contributed by atoms with van der Waals surface area (Å²) in [5, 5.41) is 0. The van der Waals surface area contributed by atoms with Crippen molar-refractivity contribution >= 4 is 11.4 Å². The van der Waals surface area contributed by atoms with Crippen molar-refractivity contribution in [2.75, 3.05) is 23.7 Å². The first-order valence-electron chi connectivity index (χ1n) is 6.63. The minimum Gasteiger partial charge on any atom is -0.395 e. The Hall–Kier alpha value is -1.32. The Morgan fingerprint density at radius 3 is 2.11 bits per heavy atom. The van der Waals surface area contributed by atoms with Gasteiger partial charge in [-0.2, -0.15) is 0 Å². The number of rotatable bonds is 5. The average molecular weight is 252 g/mol. The number of anilines is 2. The molecule has 0 spiro atoms. The van der Waals surface area contributed by atoms with Crippen LogP contribution in [0.4, 0.5) is 20.2 Å². The molecule has 1 aromatic carbocycles. The smallest absolute Gasteiger partial charge is 0.151 e. The Bertz CT molecular complexity index is 439. The maximum atomic E-state index is 13.5. The normalized spacial score (nSPS) is 19.0. The predicted molar refractivity (Wildman–Crippen MR) is 68.4 cm³/mol. The van der Waals surface area contributed by atoms with E-state index in [1.165, 1.54) is 31.7 Å². The van der Waals surface area contributed by atoms with Crippen molar-refractivity contribution in [1.82, 2.24) is 0 Å². The number of nitrogens with two attached hydrogens (primary N) is 1. The van der Waals surface area contributed by atoms with Gasteiger partial charge in [-0.15, -0.1) is 0 Å². The Morgan fingerprint density at radius 1 is 1.06 bits per heavy atom. The fourth-order valence-electron chi connectivity index (χ4n) is 2.33. The highest BCUT2D eigenvalue weighted by Crippen LogP contribution is 2.38. The summed E-state index contributed by atoms with van der Waals surface area (Å²) in [6.07, 6.45) is 4.88. The molecule has 0 aromatic heterocycles. The summed E-state index contributed by atoms with van der Waals surface area (Å²) < 4.78 is 26.9. The van der Waals surface area contributed by atoms with Crippen molar-refractivity contribution in [1.29, 1.82) is 0 Å². The van der Waals surface area contributed by atoms with Gasteiger partial charge < -0.3 is 10.6 Å². The molecule has 2 aliphatic carbocycles. The molecule has 2 aliphatic rings. The van der Waals surface area contributed by atoms with E-state index in [4.69, 9.17) is 5.73 Å². The summed E-state index contributed by atoms with van der Waals surface area (Å²) in [5.41, 5.74) is 6.38. The molecule has 0 bridgehead atoms. The maximum absolute atomic E-state index is 13.5. The Kier molecular flexibility index (Phi) is 2.88. The van der Waals surface area contributed by atoms with Gasteiger partial charge in [0.2, 0.25) is 0 Å². The molecule has 0 unspecified atom stereocenters. The second-order valence-electron chi connectivity index (χ2n) is 5.61. The van der Waals surface area contributed by atoms with E-state index in [2.05, 4.69) is 4.90 Å². The van der Waals surface area contributed by atoms with Gasteiger partial charge in [0.1, 0.15) is 5.82 Å². The van der Waals surface area contributed by atoms with Crippen molar-refractivity contribution in [3.63, 3.8) is 0 Å². The number of nitrogens with zero attached hydrogens (tertiary/aromatic N) is 1. The van der Waals surface area contributed by atoms with Crippen molar-refractivity contribution in [2.45, 2.75) is 25.7 Å². The van der Waals surface area contributed by atoms with Gasteiger partial charge in [-0.1, -0.05) is 0 Å². The fraction of sp³-hybridized carbons (Fsp3) is 0.571. The van der Waals surface area contributed by atoms with E-state index in [1.54, 1.807) is 0 Å². The quantitative estimate of drug-likeness (QED) is 0.815. The number of hydrogen-bond donors (Lipinski definition) is 1. The highest BCUT2D eigenvalue weighted by molar-refractivity contribution is 5.68. The highest BCUT2D eigenvalue weighted by atomic mass is 19.1. The fourth-order valence-corrected chi connectivity index (χ4v) is 2.33. The monoisotopic (exact) mass is 252 g/mol. The van der Waals surface area contributed by atoms with E-state index < -0.39 is 11.6 Å². The summed E-state index contributed by atoms with van der Waals surface area (Å²) in [6.45, 7) is 1.76. The summed E-state index contributed by atoms with van der Waals surface area (Å²) in [5.74, 6) is 0.152. The van der Waals surface area contributed by atoms with E-state index in [1.807, 2.05) is 0 Å². The molecular formula is C14H18F2N2. The molecule has 0 radical (unpaired) electrons. The first kappa shape index (κ1) is 11.8. The zero-order valence-corrected chi connectivity index (χ0v) is 10.3. The largest absolute Gasteiger partial charge is 0.395 e. The van der Waals surface area contributed by atoms with Crippen LogP contribution in [0.3, 0.4) is 0 Å². The lowest BCUT2D eigenvalue weighted by atomic mass is 10.2. The minimum absolute atomic E-state index is 0.0812. The highest BCUT2D eigenvalue weighted by Gasteiger charge is 2.30. The van der Waals surface area contributed by atoms with E-state index in [-0.39, 0.29) is 5.69 Å². The van der Waals surface area contributed by atoms with Crippen molar-refractivity contribution in [3.05, 3.63) is 23.8 Å². The van der Waals surface area contributed by atoms with Gasteiger partial charge in [-0.25, -0.2) is 8.78 Å². The SMILES string of the molecule is Nc1c(F)cc(F)cc1N(CC1CC1)CC1CC1. The number of benzene rings is 1. The van der Waals surface area contributed by atoms with Crippen LogP contribution in [0, 0.1) is 23.5 Å². The molecule has 0 atom stereocenters. The molecule has 18 heavy (non-hydrogen) atoms. The third kappa shape index (κ3) is 2.57. The Labute approximate surface area is 106 Å². The predicted octanol–water partition coefficient (Wildman–Crippen LogP) is 3.17. The third-order valence-electron chi connectivity index (χ3n) is 3.76. The van der Waals surface area contributed by atoms with Crippen LogP contribution in [0.15, 0.2) is 12.1 Å². The van der Waals surface area contributed by atoms with Crippen LogP contribution in [-0.4, -0.2) is 13.1 Å². The Balaban J connectivity index is 1.86. The van der Waals surface area contributed by atoms with Gasteiger partial charge in [-0.05, 0) is 43.6 Å². The molecule has 2 nitrogen and oxygen atoms in total. The number of hydrogen-bond acceptors (Lipinski definition) is 2. The molecule has 0 heterocycles. The van der Waals surface area contributed by atoms with Crippen molar-refractivity contribution < 1.29 is 8.78 Å². The molecule has 2 N–H and O–H groups in total. The van der Waals surface area contributed by atoms with Crippen molar-refractivity contribution in [2.24, 2.45) is 11.8 Å². The molecule has 2 saturated carbocycles. The average Bonchev–Trinajstić information content (AvgIpc) is 3.17. The van der Waals surface area contributed by atoms with Gasteiger partial charge >= 0.3 is 0 Å². The van der Waals surface area contributed by atoms with Crippen LogP contribution in [0.2, 0.25) is 0 Å². The van der Waals surface area contributed by atoms with E-state index in [9.17, 15) is 8.78 Å². The van der Waals surface area contributed by atoms with Crippen molar-refractivity contribution in [3.8, 4) is 0 Å². The minimum atomic E-state index is -0.651. The number of nitrogen functional groups attached to an aromatic ring is 1. The lowest BCUT2D eigenvalue weighted by Crippen LogP contribution is -2.29. The lowest BCUT2D eigenvalue weighted by Gasteiger charge is -2.26. The molecule has 0 aliphatic heterocycles. The molecule has 0 amide bonds. The van der Waals surface area contributed by atoms with Crippen LogP contribution in [0.25, 0.3) is 0 Å². The third-order valence-corrected chi connectivity index (χ3v) is 3.76. The van der Waals surface area contributed by atoms with Crippen LogP contribution in [-0.2, 0) is 0 Å². The van der Waals surface area contributed by atoms with Crippen LogP contribution >= 0.6 is 0 Å². The molecule has 2 fully saturated rings. The summed E-state index contributed by atoms with van der Waals surface area (Å²) in [6, 6.07) is 2.22. The molecule has 4 heteroatoms. The van der Waals surface area contributed by atoms with E-state index in [0.29, 0.717) is 17.5 Å². The molecule has 0 saturated heterocycles. The first-order chi connectivity index (χ1) is 8.63. The molecule has 98 valence electrons. The van der Waals surface area contributed by atoms with Gasteiger partial charge in [0.15, 0.2) is 5.82 Å². The van der Waals surface area contributed by atoms with E-state index >= 15 is 0 Å². The van der Waals surface area contributed by atoms with Gasteiger partial charge in [0.05, 0.1) is 11.4 Å². The second kappa shape index (κ2) is 4.41. The van der Waals surface area contributed by atoms with Gasteiger partial charge in [0, 0.05) is 19.2 Å². The maximum Gasteiger partial charge on any atom is 0.151 e. The molecule has 3 rings (SSSR count). The summed E-state index contributed by atoms with van der Waals surface area (Å²) in [7, 11) is 0. The van der Waals surface area contributed by atoms with Crippen LogP contribution in [0.1, 0.15) is 25.7 Å². The first-order valence-corrected chi connectivity index (χ1v) is 6.63. The zero-order chi connectivity index (χ0) is 12.7. The van der Waals surface area contributed by atoms with Crippen LogP contribution in [0.5, 0.6) is 0 Å². The zero-order valence-electron chi connectivity index (χ0n) is 10.3. The second-order valence-corrected chi connectivity index (χ2v) is 5.61. The van der Waals surface area contributed by atoms with Crippen LogP contribution < -0.4 is 10.6 Å². The molecular weight excluding hydrogens is 234 g/mol. The Morgan fingerprint density at radius 2 is 1.61 bits per heavy atom. The van der Waals surface area contributed by atoms with E-state index in [0.717, 1.165) is 19.2 Å². The topological polar surface area (TPSA) is 29.3 Å². The van der Waals surface area contributed by atoms with Gasteiger partial charge in [-0.3, -0.25) is 0 Å². The standard InChI is InChI=1S/C14H18F2N2/c15-11-5-12(16)14(17)13(6-11)18(7-9-1-2-9)8-10-3-4-10/h5-6,9-10H,1-4,7-8,17H2. The molecule has 1 aromatic rings. The summed E-state index contributed by atoms with van der Waals surface area (Å²) in [4.78, 5) is 2.08. The lowest BCUT2D eigenvalue weighted by molar-refractivity contribution is 0.582.